The van der Waals surface area contributed by atoms with E-state index in [0.717, 1.165) is 30.4 Å². The molecule has 0 nitrogen and oxygen atoms in total. The number of rotatable bonds is 7. The van der Waals surface area contributed by atoms with Crippen LogP contribution in [-0.4, -0.2) is 0 Å². The Kier molecular flexibility index (Phi) is 7.32. The van der Waals surface area contributed by atoms with E-state index in [0.29, 0.717) is 16.7 Å². The third kappa shape index (κ3) is 5.14. The van der Waals surface area contributed by atoms with Gasteiger partial charge in [-0.05, 0) is 46.7 Å². The molecule has 4 aromatic rings. The standard InChI is InChI=1S/C31H27F3/c1-3-5-22-7-12-24(13-8-22)27-18-19-28(31(34)30(27)33)25-14-9-23(10-15-25)11-17-26-16-6-21(4-2)20-29(26)32/h6-20H,3-5H2,1-2H3. The number of hydrogen-bond acceptors (Lipinski definition) is 0. The van der Waals surface area contributed by atoms with E-state index in [1.165, 1.54) is 5.56 Å². The maximum absolute atomic E-state index is 15.0. The smallest absolute Gasteiger partial charge is 0.167 e. The van der Waals surface area contributed by atoms with Crippen molar-refractivity contribution in [2.75, 3.05) is 0 Å². The third-order valence-corrected chi connectivity index (χ3v) is 6.04. The molecule has 0 saturated carbocycles. The number of halogens is 3. The van der Waals surface area contributed by atoms with E-state index >= 15 is 0 Å². The number of benzene rings is 4. The van der Waals surface area contributed by atoms with E-state index in [2.05, 4.69) is 6.92 Å². The maximum Gasteiger partial charge on any atom is 0.167 e. The van der Waals surface area contributed by atoms with Crippen molar-refractivity contribution < 1.29 is 13.2 Å². The average Bonchev–Trinajstić information content (AvgIpc) is 2.86. The van der Waals surface area contributed by atoms with Crippen LogP contribution in [0.2, 0.25) is 0 Å². The second kappa shape index (κ2) is 10.6. The molecule has 4 aromatic carbocycles. The molecule has 34 heavy (non-hydrogen) atoms. The molecule has 0 heterocycles. The van der Waals surface area contributed by atoms with Crippen LogP contribution in [0.3, 0.4) is 0 Å². The summed E-state index contributed by atoms with van der Waals surface area (Å²) in [5.74, 6) is -1.97. The molecule has 0 N–H and O–H groups in total. The molecule has 0 unspecified atom stereocenters. The third-order valence-electron chi connectivity index (χ3n) is 6.04. The first-order chi connectivity index (χ1) is 16.5. The molecule has 0 aliphatic carbocycles. The zero-order chi connectivity index (χ0) is 24.1. The van der Waals surface area contributed by atoms with Crippen molar-refractivity contribution in [3.63, 3.8) is 0 Å². The van der Waals surface area contributed by atoms with Gasteiger partial charge in [0, 0.05) is 16.7 Å². The van der Waals surface area contributed by atoms with Crippen molar-refractivity contribution in [3.8, 4) is 22.3 Å². The molecular weight excluding hydrogens is 429 g/mol. The minimum Gasteiger partial charge on any atom is -0.206 e. The van der Waals surface area contributed by atoms with Crippen LogP contribution < -0.4 is 0 Å². The van der Waals surface area contributed by atoms with Gasteiger partial charge in [-0.25, -0.2) is 13.2 Å². The van der Waals surface area contributed by atoms with Crippen LogP contribution in [0.25, 0.3) is 34.4 Å². The lowest BCUT2D eigenvalue weighted by Crippen LogP contribution is -1.94. The van der Waals surface area contributed by atoms with E-state index in [-0.39, 0.29) is 16.9 Å². The van der Waals surface area contributed by atoms with Gasteiger partial charge in [0.2, 0.25) is 0 Å². The lowest BCUT2D eigenvalue weighted by Gasteiger charge is -2.10. The second-order valence-corrected chi connectivity index (χ2v) is 8.40. The highest BCUT2D eigenvalue weighted by molar-refractivity contribution is 5.74. The fourth-order valence-electron chi connectivity index (χ4n) is 4.02. The summed E-state index contributed by atoms with van der Waals surface area (Å²) in [5, 5.41) is 0. The Morgan fingerprint density at radius 2 is 1.18 bits per heavy atom. The summed E-state index contributed by atoms with van der Waals surface area (Å²) in [4.78, 5) is 0. The molecule has 0 fully saturated rings. The van der Waals surface area contributed by atoms with Crippen LogP contribution in [-0.2, 0) is 12.8 Å². The maximum atomic E-state index is 15.0. The van der Waals surface area contributed by atoms with Gasteiger partial charge in [-0.2, -0.15) is 0 Å². The molecule has 0 aliphatic rings. The first-order valence-corrected chi connectivity index (χ1v) is 11.6. The lowest BCUT2D eigenvalue weighted by atomic mass is 9.97. The van der Waals surface area contributed by atoms with Crippen LogP contribution >= 0.6 is 0 Å². The predicted octanol–water partition coefficient (Wildman–Crippen LogP) is 9.12. The van der Waals surface area contributed by atoms with Crippen LogP contribution in [0.4, 0.5) is 13.2 Å². The molecule has 0 radical (unpaired) electrons. The zero-order valence-corrected chi connectivity index (χ0v) is 19.4. The molecule has 0 saturated heterocycles. The van der Waals surface area contributed by atoms with Gasteiger partial charge in [-0.15, -0.1) is 0 Å². The van der Waals surface area contributed by atoms with Gasteiger partial charge < -0.3 is 0 Å². The highest BCUT2D eigenvalue weighted by Gasteiger charge is 2.16. The largest absolute Gasteiger partial charge is 0.206 e. The summed E-state index contributed by atoms with van der Waals surface area (Å²) in [5.41, 5.74) is 5.17. The van der Waals surface area contributed by atoms with Gasteiger partial charge in [0.1, 0.15) is 5.82 Å². The average molecular weight is 457 g/mol. The van der Waals surface area contributed by atoms with Crippen LogP contribution in [0, 0.1) is 17.5 Å². The van der Waals surface area contributed by atoms with Crippen LogP contribution in [0.1, 0.15) is 42.5 Å². The molecule has 0 atom stereocenters. The Bertz CT molecular complexity index is 1300. The molecule has 0 bridgehead atoms. The van der Waals surface area contributed by atoms with Crippen molar-refractivity contribution in [3.05, 3.63) is 119 Å². The molecule has 4 rings (SSSR count). The number of hydrogen-bond donors (Lipinski definition) is 0. The van der Waals surface area contributed by atoms with E-state index in [1.54, 1.807) is 48.6 Å². The Hall–Kier alpha value is -3.59. The van der Waals surface area contributed by atoms with E-state index < -0.39 is 11.6 Å². The van der Waals surface area contributed by atoms with Gasteiger partial charge in [0.15, 0.2) is 11.6 Å². The zero-order valence-electron chi connectivity index (χ0n) is 19.4. The minimum absolute atomic E-state index is 0.209. The van der Waals surface area contributed by atoms with Gasteiger partial charge in [0.05, 0.1) is 0 Å². The van der Waals surface area contributed by atoms with E-state index in [1.807, 2.05) is 49.4 Å². The van der Waals surface area contributed by atoms with Gasteiger partial charge in [-0.1, -0.05) is 105 Å². The van der Waals surface area contributed by atoms with Crippen molar-refractivity contribution >= 4 is 12.2 Å². The van der Waals surface area contributed by atoms with E-state index in [4.69, 9.17) is 0 Å². The van der Waals surface area contributed by atoms with Crippen LogP contribution in [0.15, 0.2) is 78.9 Å². The van der Waals surface area contributed by atoms with Gasteiger partial charge >= 0.3 is 0 Å². The first-order valence-electron chi connectivity index (χ1n) is 11.6. The Morgan fingerprint density at radius 3 is 1.71 bits per heavy atom. The van der Waals surface area contributed by atoms with Crippen LogP contribution in [0.5, 0.6) is 0 Å². The Labute approximate surface area is 199 Å². The van der Waals surface area contributed by atoms with Gasteiger partial charge in [0.25, 0.3) is 0 Å². The molecule has 172 valence electrons. The summed E-state index contributed by atoms with van der Waals surface area (Å²) in [6.45, 7) is 4.09. The summed E-state index contributed by atoms with van der Waals surface area (Å²) >= 11 is 0. The Balaban J connectivity index is 1.55. The lowest BCUT2D eigenvalue weighted by molar-refractivity contribution is 0.514. The normalized spacial score (nSPS) is 11.3. The second-order valence-electron chi connectivity index (χ2n) is 8.40. The van der Waals surface area contributed by atoms with E-state index in [9.17, 15) is 13.2 Å². The molecule has 0 spiro atoms. The molecular formula is C31H27F3. The monoisotopic (exact) mass is 456 g/mol. The summed E-state index contributed by atoms with van der Waals surface area (Å²) in [6.07, 6.45) is 6.29. The van der Waals surface area contributed by atoms with Crippen molar-refractivity contribution in [2.45, 2.75) is 33.1 Å². The molecule has 0 amide bonds. The molecule has 0 aliphatic heterocycles. The van der Waals surface area contributed by atoms with Crippen molar-refractivity contribution in [1.82, 2.24) is 0 Å². The fraction of sp³-hybridized carbons (Fsp3) is 0.161. The van der Waals surface area contributed by atoms with Crippen molar-refractivity contribution in [2.24, 2.45) is 0 Å². The number of aryl methyl sites for hydroxylation is 2. The SMILES string of the molecule is CCCc1ccc(-c2ccc(-c3ccc(C=Cc4ccc(CC)cc4F)cc3)c(F)c2F)cc1. The topological polar surface area (TPSA) is 0 Å². The van der Waals surface area contributed by atoms with Crippen molar-refractivity contribution in [1.29, 1.82) is 0 Å². The summed E-state index contributed by atoms with van der Waals surface area (Å²) in [6, 6.07) is 23.1. The van der Waals surface area contributed by atoms with Gasteiger partial charge in [-0.3, -0.25) is 0 Å². The predicted molar refractivity (Wildman–Crippen MR) is 136 cm³/mol. The molecule has 0 aromatic heterocycles. The fourth-order valence-corrected chi connectivity index (χ4v) is 4.02. The molecule has 3 heteroatoms. The summed E-state index contributed by atoms with van der Waals surface area (Å²) < 4.78 is 44.1. The minimum atomic E-state index is -0.864. The highest BCUT2D eigenvalue weighted by Crippen LogP contribution is 2.32. The summed E-state index contributed by atoms with van der Waals surface area (Å²) in [7, 11) is 0. The Morgan fingerprint density at radius 1 is 0.618 bits per heavy atom. The highest BCUT2D eigenvalue weighted by atomic mass is 19.2. The first kappa shape index (κ1) is 23.6. The quantitative estimate of drug-likeness (QED) is 0.243.